The second-order valence-electron chi connectivity index (χ2n) is 5.53. The zero-order chi connectivity index (χ0) is 17.4. The van der Waals surface area contributed by atoms with Gasteiger partial charge in [-0.25, -0.2) is 9.67 Å². The number of aryl methyl sites for hydroxylation is 2. The molecule has 0 radical (unpaired) electrons. The number of H-pyrrole nitrogens is 1. The van der Waals surface area contributed by atoms with Gasteiger partial charge in [-0.3, -0.25) is 4.98 Å². The molecule has 0 aliphatic carbocycles. The molecule has 25 heavy (non-hydrogen) atoms. The maximum atomic E-state index is 6.18. The van der Waals surface area contributed by atoms with Crippen LogP contribution in [0.25, 0.3) is 16.9 Å². The Morgan fingerprint density at radius 1 is 1.24 bits per heavy atom. The summed E-state index contributed by atoms with van der Waals surface area (Å²) in [5, 5.41) is 13.7. The predicted octanol–water partition coefficient (Wildman–Crippen LogP) is 3.50. The molecule has 0 aliphatic rings. The number of aromatic nitrogens is 7. The second kappa shape index (κ2) is 6.45. The van der Waals surface area contributed by atoms with Crippen LogP contribution in [-0.2, 0) is 5.75 Å². The molecule has 4 aromatic heterocycles. The average Bonchev–Trinajstić information content (AvgIpc) is 3.18. The highest BCUT2D eigenvalue weighted by Crippen LogP contribution is 2.28. The number of halogens is 1. The van der Waals surface area contributed by atoms with Crippen LogP contribution in [0.3, 0.4) is 0 Å². The van der Waals surface area contributed by atoms with Gasteiger partial charge < -0.3 is 4.98 Å². The Balaban J connectivity index is 1.73. The first-order chi connectivity index (χ1) is 12.1. The van der Waals surface area contributed by atoms with Crippen LogP contribution < -0.4 is 0 Å². The second-order valence-corrected chi connectivity index (χ2v) is 6.85. The van der Waals surface area contributed by atoms with Gasteiger partial charge in [0.25, 0.3) is 0 Å². The maximum Gasteiger partial charge on any atom is 0.202 e. The lowest BCUT2D eigenvalue weighted by molar-refractivity contribution is 0.789. The Labute approximate surface area is 152 Å². The minimum Gasteiger partial charge on any atom is -0.330 e. The van der Waals surface area contributed by atoms with Gasteiger partial charge in [0, 0.05) is 17.6 Å². The molecule has 0 atom stereocenters. The number of hydrogen-bond acceptors (Lipinski definition) is 6. The third-order valence-corrected chi connectivity index (χ3v) is 4.79. The smallest absolute Gasteiger partial charge is 0.202 e. The Morgan fingerprint density at radius 3 is 2.84 bits per heavy atom. The molecule has 0 spiro atoms. The van der Waals surface area contributed by atoms with Crippen LogP contribution in [0.1, 0.15) is 17.1 Å². The molecule has 0 unspecified atom stereocenters. The lowest BCUT2D eigenvalue weighted by Gasteiger charge is -2.03. The van der Waals surface area contributed by atoms with Crippen molar-refractivity contribution in [1.29, 1.82) is 0 Å². The first-order valence-corrected chi connectivity index (χ1v) is 8.96. The standard InChI is InChI=1S/C16H14ClN7S/c1-9-7-10(2)24(23-9)15-13-12(14(17)21-22-15)19-16(20-13)25-8-11-5-3-4-6-18-11/h3-7H,8H2,1-2H3,(H,19,20). The fraction of sp³-hybridized carbons (Fsp3) is 0.188. The molecule has 4 aromatic rings. The average molecular weight is 372 g/mol. The fourth-order valence-corrected chi connectivity index (χ4v) is 3.50. The van der Waals surface area contributed by atoms with Crippen molar-refractivity contribution >= 4 is 34.4 Å². The minimum atomic E-state index is 0.265. The lowest BCUT2D eigenvalue weighted by Crippen LogP contribution is -2.04. The van der Waals surface area contributed by atoms with Gasteiger partial charge in [-0.1, -0.05) is 29.4 Å². The van der Waals surface area contributed by atoms with Crippen LogP contribution in [0.5, 0.6) is 0 Å². The van der Waals surface area contributed by atoms with E-state index in [0.717, 1.165) is 27.8 Å². The van der Waals surface area contributed by atoms with E-state index >= 15 is 0 Å². The zero-order valence-corrected chi connectivity index (χ0v) is 15.1. The quantitative estimate of drug-likeness (QED) is 0.552. The molecule has 0 saturated carbocycles. The largest absolute Gasteiger partial charge is 0.330 e. The molecule has 1 N–H and O–H groups in total. The van der Waals surface area contributed by atoms with E-state index in [9.17, 15) is 0 Å². The lowest BCUT2D eigenvalue weighted by atomic mass is 10.4. The van der Waals surface area contributed by atoms with Crippen molar-refractivity contribution in [3.05, 3.63) is 52.7 Å². The first-order valence-electron chi connectivity index (χ1n) is 7.60. The molecule has 4 rings (SSSR count). The van der Waals surface area contributed by atoms with Gasteiger partial charge in [0.2, 0.25) is 5.82 Å². The van der Waals surface area contributed by atoms with Crippen LogP contribution >= 0.6 is 23.4 Å². The molecular formula is C16H14ClN7S. The van der Waals surface area contributed by atoms with E-state index < -0.39 is 0 Å². The summed E-state index contributed by atoms with van der Waals surface area (Å²) in [5.74, 6) is 1.29. The van der Waals surface area contributed by atoms with Crippen molar-refractivity contribution in [1.82, 2.24) is 34.9 Å². The third-order valence-electron chi connectivity index (χ3n) is 3.63. The summed E-state index contributed by atoms with van der Waals surface area (Å²) in [7, 11) is 0. The summed E-state index contributed by atoms with van der Waals surface area (Å²) in [6.07, 6.45) is 1.78. The zero-order valence-electron chi connectivity index (χ0n) is 13.6. The van der Waals surface area contributed by atoms with Gasteiger partial charge in [0.15, 0.2) is 10.3 Å². The molecule has 0 saturated heterocycles. The molecule has 7 nitrogen and oxygen atoms in total. The Kier molecular flexibility index (Phi) is 4.14. The van der Waals surface area contributed by atoms with Gasteiger partial charge in [-0.05, 0) is 32.0 Å². The minimum absolute atomic E-state index is 0.265. The highest BCUT2D eigenvalue weighted by Gasteiger charge is 2.17. The number of nitrogens with zero attached hydrogens (tertiary/aromatic N) is 6. The number of rotatable bonds is 4. The maximum absolute atomic E-state index is 6.18. The van der Waals surface area contributed by atoms with Crippen molar-refractivity contribution < 1.29 is 0 Å². The molecule has 9 heteroatoms. The molecular weight excluding hydrogens is 358 g/mol. The fourth-order valence-electron chi connectivity index (χ4n) is 2.54. The topological polar surface area (TPSA) is 85.2 Å². The summed E-state index contributed by atoms with van der Waals surface area (Å²) in [6.45, 7) is 3.90. The van der Waals surface area contributed by atoms with Crippen molar-refractivity contribution in [2.75, 3.05) is 0 Å². The Bertz CT molecular complexity index is 1040. The number of thioether (sulfide) groups is 1. The predicted molar refractivity (Wildman–Crippen MR) is 97.1 cm³/mol. The van der Waals surface area contributed by atoms with Crippen molar-refractivity contribution in [2.24, 2.45) is 0 Å². The van der Waals surface area contributed by atoms with Gasteiger partial charge in [-0.2, -0.15) is 5.10 Å². The van der Waals surface area contributed by atoms with Crippen LogP contribution in [-0.4, -0.2) is 34.9 Å². The number of nitrogens with one attached hydrogen (secondary N) is 1. The molecule has 4 heterocycles. The van der Waals surface area contributed by atoms with Crippen LogP contribution in [0.15, 0.2) is 35.6 Å². The van der Waals surface area contributed by atoms with Crippen molar-refractivity contribution in [2.45, 2.75) is 24.8 Å². The van der Waals surface area contributed by atoms with Crippen LogP contribution in [0.4, 0.5) is 0 Å². The van der Waals surface area contributed by atoms with Crippen LogP contribution in [0.2, 0.25) is 5.15 Å². The summed E-state index contributed by atoms with van der Waals surface area (Å²) in [5.41, 5.74) is 4.16. The molecule has 0 aliphatic heterocycles. The SMILES string of the molecule is Cc1cc(C)n(-c2nnc(Cl)c3nc(SCc4ccccn4)[nH]c23)n1. The van der Waals surface area contributed by atoms with Crippen LogP contribution in [0, 0.1) is 13.8 Å². The van der Waals surface area contributed by atoms with Gasteiger partial charge in [-0.15, -0.1) is 10.2 Å². The molecule has 126 valence electrons. The van der Waals surface area contributed by atoms with E-state index in [4.69, 9.17) is 11.6 Å². The third kappa shape index (κ3) is 3.10. The number of aromatic amines is 1. The number of fused-ring (bicyclic) bond motifs is 1. The Hall–Kier alpha value is -2.45. The van der Waals surface area contributed by atoms with Crippen molar-refractivity contribution in [3.63, 3.8) is 0 Å². The molecule has 0 fully saturated rings. The monoisotopic (exact) mass is 371 g/mol. The summed E-state index contributed by atoms with van der Waals surface area (Å²) in [6, 6.07) is 7.82. The van der Waals surface area contributed by atoms with E-state index in [1.807, 2.05) is 38.1 Å². The highest BCUT2D eigenvalue weighted by atomic mass is 35.5. The van der Waals surface area contributed by atoms with E-state index in [-0.39, 0.29) is 5.15 Å². The van der Waals surface area contributed by atoms with Gasteiger partial charge >= 0.3 is 0 Å². The molecule has 0 bridgehead atoms. The Morgan fingerprint density at radius 2 is 2.12 bits per heavy atom. The number of pyridine rings is 1. The highest BCUT2D eigenvalue weighted by molar-refractivity contribution is 7.98. The first kappa shape index (κ1) is 16.0. The van der Waals surface area contributed by atoms with Gasteiger partial charge in [0.05, 0.1) is 11.4 Å². The van der Waals surface area contributed by atoms with Gasteiger partial charge in [0.1, 0.15) is 11.0 Å². The molecule has 0 aromatic carbocycles. The number of imidazole rings is 1. The summed E-state index contributed by atoms with van der Waals surface area (Å²) < 4.78 is 1.74. The van der Waals surface area contributed by atoms with Crippen molar-refractivity contribution in [3.8, 4) is 5.82 Å². The van der Waals surface area contributed by atoms with E-state index in [1.54, 1.807) is 22.6 Å². The van der Waals surface area contributed by atoms with E-state index in [0.29, 0.717) is 17.1 Å². The van der Waals surface area contributed by atoms with E-state index in [1.165, 1.54) is 0 Å². The molecule has 0 amide bonds. The normalized spacial score (nSPS) is 11.3. The summed E-state index contributed by atoms with van der Waals surface area (Å²) in [4.78, 5) is 12.2. The number of hydrogen-bond donors (Lipinski definition) is 1. The summed E-state index contributed by atoms with van der Waals surface area (Å²) >= 11 is 7.73. The van der Waals surface area contributed by atoms with E-state index in [2.05, 4.69) is 30.2 Å².